The fraction of sp³-hybridized carbons (Fsp3) is 0.538. The van der Waals surface area contributed by atoms with Gasteiger partial charge in [0.15, 0.2) is 0 Å². The van der Waals surface area contributed by atoms with E-state index in [1.807, 2.05) is 12.1 Å². The highest BCUT2D eigenvalue weighted by molar-refractivity contribution is 9.09. The summed E-state index contributed by atoms with van der Waals surface area (Å²) in [4.78, 5) is 0.225. The van der Waals surface area contributed by atoms with Gasteiger partial charge in [-0.25, -0.2) is 0 Å². The van der Waals surface area contributed by atoms with E-state index in [4.69, 9.17) is 0 Å². The third-order valence-electron chi connectivity index (χ3n) is 3.15. The van der Waals surface area contributed by atoms with E-state index < -0.39 is 12.8 Å². The van der Waals surface area contributed by atoms with E-state index in [0.29, 0.717) is 12.3 Å². The molecule has 1 aliphatic rings. The molecule has 1 aliphatic carbocycles. The SMILES string of the molecule is FC(F)(F)COCCC1Cc2ccccc2C1Br. The molecule has 0 fully saturated rings. The van der Waals surface area contributed by atoms with Gasteiger partial charge >= 0.3 is 6.18 Å². The quantitative estimate of drug-likeness (QED) is 0.594. The number of rotatable bonds is 4. The van der Waals surface area contributed by atoms with E-state index in [0.717, 1.165) is 6.42 Å². The lowest BCUT2D eigenvalue weighted by atomic mass is 10.0. The molecule has 0 amide bonds. The molecular weight excluding hydrogens is 309 g/mol. The van der Waals surface area contributed by atoms with Crippen molar-refractivity contribution in [2.45, 2.75) is 23.8 Å². The van der Waals surface area contributed by atoms with E-state index in [1.54, 1.807) is 0 Å². The van der Waals surface area contributed by atoms with E-state index >= 15 is 0 Å². The van der Waals surface area contributed by atoms with Gasteiger partial charge in [-0.3, -0.25) is 0 Å². The zero-order valence-corrected chi connectivity index (χ0v) is 11.3. The number of halogens is 4. The fourth-order valence-corrected chi connectivity index (χ4v) is 3.20. The molecule has 0 bridgehead atoms. The van der Waals surface area contributed by atoms with Crippen LogP contribution >= 0.6 is 15.9 Å². The van der Waals surface area contributed by atoms with Crippen LogP contribution in [0.1, 0.15) is 22.4 Å². The lowest BCUT2D eigenvalue weighted by Crippen LogP contribution is -2.18. The highest BCUT2D eigenvalue weighted by Gasteiger charge is 2.31. The van der Waals surface area contributed by atoms with E-state index in [2.05, 4.69) is 32.8 Å². The van der Waals surface area contributed by atoms with Crippen molar-refractivity contribution in [3.8, 4) is 0 Å². The van der Waals surface area contributed by atoms with Gasteiger partial charge in [0, 0.05) is 11.4 Å². The molecule has 2 rings (SSSR count). The summed E-state index contributed by atoms with van der Waals surface area (Å²) in [7, 11) is 0. The predicted molar refractivity (Wildman–Crippen MR) is 66.8 cm³/mol. The van der Waals surface area contributed by atoms with Crippen LogP contribution in [0.15, 0.2) is 24.3 Å². The average Bonchev–Trinajstić information content (AvgIpc) is 2.62. The van der Waals surface area contributed by atoms with Crippen LogP contribution in [0, 0.1) is 5.92 Å². The zero-order chi connectivity index (χ0) is 13.2. The number of hydrogen-bond donors (Lipinski definition) is 0. The first-order valence-electron chi connectivity index (χ1n) is 5.84. The molecule has 5 heteroatoms. The Morgan fingerprint density at radius 3 is 2.67 bits per heavy atom. The van der Waals surface area contributed by atoms with E-state index in [-0.39, 0.29) is 11.4 Å². The molecule has 18 heavy (non-hydrogen) atoms. The summed E-state index contributed by atoms with van der Waals surface area (Å²) in [5.41, 5.74) is 2.53. The van der Waals surface area contributed by atoms with E-state index in [1.165, 1.54) is 11.1 Å². The van der Waals surface area contributed by atoms with E-state index in [9.17, 15) is 13.2 Å². The molecule has 1 nitrogen and oxygen atoms in total. The molecule has 0 N–H and O–H groups in total. The molecule has 0 heterocycles. The van der Waals surface area contributed by atoms with Crippen molar-refractivity contribution < 1.29 is 17.9 Å². The minimum Gasteiger partial charge on any atom is -0.372 e. The lowest BCUT2D eigenvalue weighted by Gasteiger charge is -2.15. The molecule has 2 atom stereocenters. The molecule has 0 saturated carbocycles. The van der Waals surface area contributed by atoms with Crippen molar-refractivity contribution in [3.63, 3.8) is 0 Å². The third kappa shape index (κ3) is 3.48. The molecular formula is C13H14BrF3O. The topological polar surface area (TPSA) is 9.23 Å². The second-order valence-corrected chi connectivity index (χ2v) is 5.51. The standard InChI is InChI=1S/C13H14BrF3O/c14-12-10(5-6-18-8-13(15,16)17)7-9-3-1-2-4-11(9)12/h1-4,10,12H,5-8H2. The van der Waals surface area contributed by atoms with Crippen molar-refractivity contribution >= 4 is 15.9 Å². The fourth-order valence-electron chi connectivity index (χ4n) is 2.30. The van der Waals surface area contributed by atoms with Gasteiger partial charge in [-0.05, 0) is 29.9 Å². The van der Waals surface area contributed by atoms with Crippen molar-refractivity contribution in [3.05, 3.63) is 35.4 Å². The Bertz CT molecular complexity index is 405. The van der Waals surface area contributed by atoms with Crippen molar-refractivity contribution in [2.24, 2.45) is 5.92 Å². The lowest BCUT2D eigenvalue weighted by molar-refractivity contribution is -0.174. The van der Waals surface area contributed by atoms with Crippen LogP contribution in [0.2, 0.25) is 0 Å². The Labute approximate surface area is 112 Å². The first kappa shape index (κ1) is 13.9. The maximum Gasteiger partial charge on any atom is 0.411 e. The Kier molecular flexibility index (Phi) is 4.33. The Morgan fingerprint density at radius 1 is 1.28 bits per heavy atom. The molecule has 2 unspecified atom stereocenters. The van der Waals surface area contributed by atoms with Gasteiger partial charge in [-0.2, -0.15) is 13.2 Å². The number of hydrogen-bond acceptors (Lipinski definition) is 1. The summed E-state index contributed by atoms with van der Waals surface area (Å²) in [6, 6.07) is 8.10. The molecule has 0 aliphatic heterocycles. The van der Waals surface area contributed by atoms with Crippen LogP contribution in [-0.2, 0) is 11.2 Å². The molecule has 0 radical (unpaired) electrons. The van der Waals surface area contributed by atoms with Gasteiger partial charge < -0.3 is 4.74 Å². The van der Waals surface area contributed by atoms with Crippen LogP contribution in [0.3, 0.4) is 0 Å². The molecule has 0 saturated heterocycles. The first-order chi connectivity index (χ1) is 8.47. The van der Waals surface area contributed by atoms with Gasteiger partial charge in [-0.1, -0.05) is 40.2 Å². The molecule has 0 spiro atoms. The van der Waals surface area contributed by atoms with Crippen molar-refractivity contribution in [2.75, 3.05) is 13.2 Å². The monoisotopic (exact) mass is 322 g/mol. The van der Waals surface area contributed by atoms with Gasteiger partial charge in [-0.15, -0.1) is 0 Å². The Balaban J connectivity index is 1.80. The summed E-state index contributed by atoms with van der Waals surface area (Å²) in [6.07, 6.45) is -2.69. The molecule has 1 aromatic carbocycles. The normalized spacial score (nSPS) is 23.1. The van der Waals surface area contributed by atoms with Crippen molar-refractivity contribution in [1.29, 1.82) is 0 Å². The zero-order valence-electron chi connectivity index (χ0n) is 9.71. The number of alkyl halides is 4. The number of ether oxygens (including phenoxy) is 1. The first-order valence-corrected chi connectivity index (χ1v) is 6.75. The molecule has 100 valence electrons. The van der Waals surface area contributed by atoms with Crippen LogP contribution in [0.4, 0.5) is 13.2 Å². The summed E-state index contributed by atoms with van der Waals surface area (Å²) in [6.45, 7) is -1.00. The maximum absolute atomic E-state index is 11.9. The van der Waals surface area contributed by atoms with Crippen LogP contribution < -0.4 is 0 Å². The summed E-state index contributed by atoms with van der Waals surface area (Å²) in [5, 5.41) is 0. The van der Waals surface area contributed by atoms with Gasteiger partial charge in [0.05, 0.1) is 0 Å². The number of fused-ring (bicyclic) bond motifs is 1. The molecule has 0 aromatic heterocycles. The Hall–Kier alpha value is -0.550. The average molecular weight is 323 g/mol. The Morgan fingerprint density at radius 2 is 2.00 bits per heavy atom. The van der Waals surface area contributed by atoms with Gasteiger partial charge in [0.2, 0.25) is 0 Å². The minimum atomic E-state index is -4.23. The highest BCUT2D eigenvalue weighted by atomic mass is 79.9. The smallest absolute Gasteiger partial charge is 0.372 e. The number of benzene rings is 1. The second kappa shape index (κ2) is 5.61. The third-order valence-corrected chi connectivity index (χ3v) is 4.39. The predicted octanol–water partition coefficient (Wildman–Crippen LogP) is 4.26. The van der Waals surface area contributed by atoms with Gasteiger partial charge in [0.1, 0.15) is 6.61 Å². The van der Waals surface area contributed by atoms with Crippen molar-refractivity contribution in [1.82, 2.24) is 0 Å². The second-order valence-electron chi connectivity index (χ2n) is 4.52. The summed E-state index contributed by atoms with van der Waals surface area (Å²) >= 11 is 3.62. The maximum atomic E-state index is 11.9. The minimum absolute atomic E-state index is 0.153. The molecule has 1 aromatic rings. The summed E-state index contributed by atoms with van der Waals surface area (Å²) in [5.74, 6) is 0.315. The van der Waals surface area contributed by atoms with Crippen LogP contribution in [-0.4, -0.2) is 19.4 Å². The van der Waals surface area contributed by atoms with Gasteiger partial charge in [0.25, 0.3) is 0 Å². The van der Waals surface area contributed by atoms with Crippen LogP contribution in [0.25, 0.3) is 0 Å². The highest BCUT2D eigenvalue weighted by Crippen LogP contribution is 2.43. The largest absolute Gasteiger partial charge is 0.411 e. The van der Waals surface area contributed by atoms with Crippen LogP contribution in [0.5, 0.6) is 0 Å². The summed E-state index contributed by atoms with van der Waals surface area (Å²) < 4.78 is 40.4.